The SMILES string of the molecule is Cc1cc(C(=O)c2cc(Cl)ccc2N)c(C)o1. The zero-order chi connectivity index (χ0) is 12.6. The maximum absolute atomic E-state index is 12.3. The summed E-state index contributed by atoms with van der Waals surface area (Å²) in [5.74, 6) is 1.12. The Morgan fingerprint density at radius 1 is 1.24 bits per heavy atom. The van der Waals surface area contributed by atoms with Gasteiger partial charge in [0.15, 0.2) is 5.78 Å². The van der Waals surface area contributed by atoms with E-state index in [0.717, 1.165) is 0 Å². The first-order chi connectivity index (χ1) is 7.99. The molecule has 0 saturated heterocycles. The number of rotatable bonds is 2. The fourth-order valence-corrected chi connectivity index (χ4v) is 1.90. The van der Waals surface area contributed by atoms with Crippen LogP contribution in [0.5, 0.6) is 0 Å². The number of halogens is 1. The first-order valence-corrected chi connectivity index (χ1v) is 5.53. The van der Waals surface area contributed by atoms with E-state index < -0.39 is 0 Å². The third-order valence-corrected chi connectivity index (χ3v) is 2.78. The first-order valence-electron chi connectivity index (χ1n) is 5.16. The van der Waals surface area contributed by atoms with Crippen LogP contribution in [0.3, 0.4) is 0 Å². The second kappa shape index (κ2) is 4.26. The largest absolute Gasteiger partial charge is 0.466 e. The number of benzene rings is 1. The van der Waals surface area contributed by atoms with Crippen molar-refractivity contribution in [1.82, 2.24) is 0 Å². The zero-order valence-corrected chi connectivity index (χ0v) is 10.3. The van der Waals surface area contributed by atoms with Gasteiger partial charge in [-0.3, -0.25) is 4.79 Å². The van der Waals surface area contributed by atoms with Crippen LogP contribution in [0, 0.1) is 13.8 Å². The summed E-state index contributed by atoms with van der Waals surface area (Å²) in [6.45, 7) is 3.55. The average molecular weight is 250 g/mol. The Balaban J connectivity index is 2.50. The molecule has 0 unspecified atom stereocenters. The lowest BCUT2D eigenvalue weighted by Crippen LogP contribution is -2.05. The highest BCUT2D eigenvalue weighted by molar-refractivity contribution is 6.31. The van der Waals surface area contributed by atoms with Crippen molar-refractivity contribution in [2.75, 3.05) is 5.73 Å². The van der Waals surface area contributed by atoms with E-state index in [9.17, 15) is 4.79 Å². The van der Waals surface area contributed by atoms with Gasteiger partial charge in [0.1, 0.15) is 11.5 Å². The van der Waals surface area contributed by atoms with Gasteiger partial charge in [0.2, 0.25) is 0 Å². The van der Waals surface area contributed by atoms with E-state index in [-0.39, 0.29) is 5.78 Å². The van der Waals surface area contributed by atoms with E-state index in [1.54, 1.807) is 38.1 Å². The van der Waals surface area contributed by atoms with E-state index >= 15 is 0 Å². The third-order valence-electron chi connectivity index (χ3n) is 2.55. The number of nitrogens with two attached hydrogens (primary N) is 1. The number of furan rings is 1. The van der Waals surface area contributed by atoms with Crippen LogP contribution in [-0.4, -0.2) is 5.78 Å². The number of carbonyl (C=O) groups excluding carboxylic acids is 1. The summed E-state index contributed by atoms with van der Waals surface area (Å²) in [5.41, 5.74) is 7.12. The lowest BCUT2D eigenvalue weighted by atomic mass is 10.0. The Bertz CT molecular complexity index is 587. The molecule has 1 aromatic heterocycles. The number of carbonyl (C=O) groups is 1. The first kappa shape index (κ1) is 11.7. The Hall–Kier alpha value is -1.74. The van der Waals surface area contributed by atoms with Crippen molar-refractivity contribution >= 4 is 23.1 Å². The number of hydrogen-bond donors (Lipinski definition) is 1. The molecule has 0 atom stereocenters. The molecular formula is C13H12ClNO2. The highest BCUT2D eigenvalue weighted by Crippen LogP contribution is 2.24. The van der Waals surface area contributed by atoms with E-state index in [1.165, 1.54) is 0 Å². The van der Waals surface area contributed by atoms with Crippen LogP contribution in [-0.2, 0) is 0 Å². The predicted molar refractivity (Wildman–Crippen MR) is 67.5 cm³/mol. The molecule has 4 heteroatoms. The van der Waals surface area contributed by atoms with E-state index in [4.69, 9.17) is 21.8 Å². The fourth-order valence-electron chi connectivity index (χ4n) is 1.73. The molecule has 2 rings (SSSR count). The fraction of sp³-hybridized carbons (Fsp3) is 0.154. The van der Waals surface area contributed by atoms with Gasteiger partial charge in [0.05, 0.1) is 5.56 Å². The summed E-state index contributed by atoms with van der Waals surface area (Å²) in [6, 6.07) is 6.55. The molecule has 0 aliphatic carbocycles. The lowest BCUT2D eigenvalue weighted by Gasteiger charge is -2.04. The van der Waals surface area contributed by atoms with Gasteiger partial charge in [-0.05, 0) is 38.1 Å². The zero-order valence-electron chi connectivity index (χ0n) is 9.58. The number of nitrogen functional groups attached to an aromatic ring is 1. The molecular weight excluding hydrogens is 238 g/mol. The minimum atomic E-state index is -0.167. The van der Waals surface area contributed by atoms with Gasteiger partial charge in [-0.25, -0.2) is 0 Å². The Kier molecular flexibility index (Phi) is 2.94. The monoisotopic (exact) mass is 249 g/mol. The van der Waals surface area contributed by atoms with Crippen molar-refractivity contribution in [3.05, 3.63) is 51.9 Å². The maximum atomic E-state index is 12.3. The molecule has 0 aliphatic heterocycles. The molecule has 0 aliphatic rings. The quantitative estimate of drug-likeness (QED) is 0.656. The van der Waals surface area contributed by atoms with Gasteiger partial charge in [0.25, 0.3) is 0 Å². The third kappa shape index (κ3) is 2.19. The van der Waals surface area contributed by atoms with Gasteiger partial charge >= 0.3 is 0 Å². The molecule has 0 saturated carbocycles. The van der Waals surface area contributed by atoms with E-state index in [1.807, 2.05) is 0 Å². The summed E-state index contributed by atoms with van der Waals surface area (Å²) in [6.07, 6.45) is 0. The molecule has 0 spiro atoms. The highest BCUT2D eigenvalue weighted by Gasteiger charge is 2.17. The standard InChI is InChI=1S/C13H12ClNO2/c1-7-5-10(8(2)17-7)13(16)11-6-9(14)3-4-12(11)15/h3-6H,15H2,1-2H3. The number of aryl methyl sites for hydroxylation is 2. The summed E-state index contributed by atoms with van der Waals surface area (Å²) in [4.78, 5) is 12.3. The molecule has 3 nitrogen and oxygen atoms in total. The lowest BCUT2D eigenvalue weighted by molar-refractivity contribution is 0.103. The Morgan fingerprint density at radius 3 is 2.53 bits per heavy atom. The topological polar surface area (TPSA) is 56.2 Å². The summed E-state index contributed by atoms with van der Waals surface area (Å²) in [5, 5.41) is 0.486. The van der Waals surface area contributed by atoms with Crippen LogP contribution in [0.1, 0.15) is 27.4 Å². The van der Waals surface area contributed by atoms with Crippen molar-refractivity contribution < 1.29 is 9.21 Å². The molecule has 88 valence electrons. The number of anilines is 1. The van der Waals surface area contributed by atoms with Gasteiger partial charge in [-0.15, -0.1) is 0 Å². The van der Waals surface area contributed by atoms with Crippen LogP contribution in [0.15, 0.2) is 28.7 Å². The van der Waals surface area contributed by atoms with Crippen LogP contribution >= 0.6 is 11.6 Å². The minimum absolute atomic E-state index is 0.167. The van der Waals surface area contributed by atoms with Crippen molar-refractivity contribution in [3.63, 3.8) is 0 Å². The minimum Gasteiger partial charge on any atom is -0.466 e. The molecule has 0 bridgehead atoms. The van der Waals surface area contributed by atoms with Crippen LogP contribution in [0.2, 0.25) is 5.02 Å². The second-order valence-electron chi connectivity index (χ2n) is 3.89. The maximum Gasteiger partial charge on any atom is 0.198 e. The van der Waals surface area contributed by atoms with Crippen molar-refractivity contribution in [1.29, 1.82) is 0 Å². The van der Waals surface area contributed by atoms with Crippen molar-refractivity contribution in [2.24, 2.45) is 0 Å². The molecule has 1 aromatic carbocycles. The second-order valence-corrected chi connectivity index (χ2v) is 4.32. The number of hydrogen-bond acceptors (Lipinski definition) is 3. The van der Waals surface area contributed by atoms with Crippen LogP contribution < -0.4 is 5.73 Å². The summed E-state index contributed by atoms with van der Waals surface area (Å²) >= 11 is 5.86. The molecule has 17 heavy (non-hydrogen) atoms. The molecule has 1 heterocycles. The summed E-state index contributed by atoms with van der Waals surface area (Å²) < 4.78 is 5.33. The van der Waals surface area contributed by atoms with Crippen LogP contribution in [0.4, 0.5) is 5.69 Å². The van der Waals surface area contributed by atoms with Crippen molar-refractivity contribution in [3.8, 4) is 0 Å². The van der Waals surface area contributed by atoms with Gasteiger partial charge in [-0.2, -0.15) is 0 Å². The molecule has 0 amide bonds. The van der Waals surface area contributed by atoms with Gasteiger partial charge in [-0.1, -0.05) is 11.6 Å². The predicted octanol–water partition coefficient (Wildman–Crippen LogP) is 3.36. The average Bonchev–Trinajstić information content (AvgIpc) is 2.60. The van der Waals surface area contributed by atoms with E-state index in [0.29, 0.717) is 33.4 Å². The normalized spacial score (nSPS) is 10.5. The highest BCUT2D eigenvalue weighted by atomic mass is 35.5. The molecule has 2 N–H and O–H groups in total. The summed E-state index contributed by atoms with van der Waals surface area (Å²) in [7, 11) is 0. The van der Waals surface area contributed by atoms with Crippen LogP contribution in [0.25, 0.3) is 0 Å². The number of ketones is 1. The molecule has 0 fully saturated rings. The van der Waals surface area contributed by atoms with Gasteiger partial charge < -0.3 is 10.2 Å². The Morgan fingerprint density at radius 2 is 1.94 bits per heavy atom. The van der Waals surface area contributed by atoms with Gasteiger partial charge in [0, 0.05) is 16.3 Å². The Labute approximate surface area is 104 Å². The van der Waals surface area contributed by atoms with E-state index in [2.05, 4.69) is 0 Å². The van der Waals surface area contributed by atoms with Crippen molar-refractivity contribution in [2.45, 2.75) is 13.8 Å². The molecule has 2 aromatic rings. The smallest absolute Gasteiger partial charge is 0.198 e. The molecule has 0 radical (unpaired) electrons.